The van der Waals surface area contributed by atoms with E-state index in [9.17, 15) is 10.1 Å². The van der Waals surface area contributed by atoms with Gasteiger partial charge in [-0.3, -0.25) is 0 Å². The fraction of sp³-hybridized carbons (Fsp3) is 1.00. The highest BCUT2D eigenvalue weighted by Gasteiger charge is 2.07. The van der Waals surface area contributed by atoms with Gasteiger partial charge in [-0.05, 0) is 13.8 Å². The number of hydrogen-bond acceptors (Lipinski definition) is 5. The summed E-state index contributed by atoms with van der Waals surface area (Å²) in [4.78, 5) is 13.6. The van der Waals surface area contributed by atoms with Crippen molar-refractivity contribution in [3.63, 3.8) is 0 Å². The molecular formula is C6H13NO5. The number of rotatable bonds is 6. The summed E-state index contributed by atoms with van der Waals surface area (Å²) in [5.74, 6) is 0. The Balaban J connectivity index is 3.33. The topological polar surface area (TPSA) is 81.8 Å². The van der Waals surface area contributed by atoms with Crippen molar-refractivity contribution < 1.29 is 19.8 Å². The quantitative estimate of drug-likeness (QED) is 0.457. The van der Waals surface area contributed by atoms with Gasteiger partial charge in [0.1, 0.15) is 12.7 Å². The molecule has 0 fully saturated rings. The monoisotopic (exact) mass is 179 g/mol. The second kappa shape index (κ2) is 5.73. The second-order valence-corrected chi connectivity index (χ2v) is 2.56. The lowest BCUT2D eigenvalue weighted by atomic mass is 10.4. The third-order valence-corrected chi connectivity index (χ3v) is 0.994. The van der Waals surface area contributed by atoms with E-state index in [2.05, 4.69) is 4.84 Å². The van der Waals surface area contributed by atoms with Crippen molar-refractivity contribution >= 4 is 0 Å². The first-order valence-electron chi connectivity index (χ1n) is 3.59. The largest absolute Gasteiger partial charge is 0.389 e. The summed E-state index contributed by atoms with van der Waals surface area (Å²) in [5.41, 5.74) is 0. The molecule has 0 rings (SSSR count). The lowest BCUT2D eigenvalue weighted by Crippen LogP contribution is -2.24. The molecule has 0 saturated heterocycles. The minimum absolute atomic E-state index is 0.00439. The highest BCUT2D eigenvalue weighted by molar-refractivity contribution is 4.50. The van der Waals surface area contributed by atoms with Crippen molar-refractivity contribution in [2.24, 2.45) is 0 Å². The van der Waals surface area contributed by atoms with Gasteiger partial charge in [-0.25, -0.2) is 0 Å². The van der Waals surface area contributed by atoms with E-state index in [-0.39, 0.29) is 19.3 Å². The molecular weight excluding hydrogens is 166 g/mol. The molecule has 1 atom stereocenters. The van der Waals surface area contributed by atoms with Gasteiger partial charge in [-0.1, -0.05) is 0 Å². The van der Waals surface area contributed by atoms with Crippen LogP contribution in [0.3, 0.4) is 0 Å². The molecule has 0 amide bonds. The summed E-state index contributed by atoms with van der Waals surface area (Å²) in [6, 6.07) is 0. The Labute approximate surface area is 70.2 Å². The Morgan fingerprint density at radius 2 is 2.08 bits per heavy atom. The average molecular weight is 179 g/mol. The maximum atomic E-state index is 9.67. The van der Waals surface area contributed by atoms with Crippen LogP contribution >= 0.6 is 0 Å². The summed E-state index contributed by atoms with van der Waals surface area (Å²) >= 11 is 0. The second-order valence-electron chi connectivity index (χ2n) is 2.56. The van der Waals surface area contributed by atoms with Gasteiger partial charge in [0.25, 0.3) is 5.09 Å². The molecule has 0 aliphatic heterocycles. The van der Waals surface area contributed by atoms with Crippen LogP contribution in [-0.4, -0.2) is 35.6 Å². The van der Waals surface area contributed by atoms with Crippen LogP contribution in [0.25, 0.3) is 0 Å². The fourth-order valence-electron chi connectivity index (χ4n) is 0.499. The van der Waals surface area contributed by atoms with E-state index in [4.69, 9.17) is 9.84 Å². The molecule has 1 unspecified atom stereocenters. The summed E-state index contributed by atoms with van der Waals surface area (Å²) in [7, 11) is 0. The van der Waals surface area contributed by atoms with Crippen molar-refractivity contribution in [1.82, 2.24) is 0 Å². The van der Waals surface area contributed by atoms with Crippen molar-refractivity contribution in [2.45, 2.75) is 26.1 Å². The third kappa shape index (κ3) is 7.23. The molecule has 12 heavy (non-hydrogen) atoms. The molecule has 6 nitrogen and oxygen atoms in total. The van der Waals surface area contributed by atoms with Crippen molar-refractivity contribution in [1.29, 1.82) is 0 Å². The van der Waals surface area contributed by atoms with Crippen LogP contribution in [0.2, 0.25) is 0 Å². The molecule has 0 aromatic rings. The van der Waals surface area contributed by atoms with E-state index in [1.165, 1.54) is 0 Å². The van der Waals surface area contributed by atoms with Crippen LogP contribution in [0.5, 0.6) is 0 Å². The number of ether oxygens (including phenoxy) is 1. The molecule has 0 spiro atoms. The lowest BCUT2D eigenvalue weighted by Gasteiger charge is -2.11. The Hall–Kier alpha value is -0.880. The summed E-state index contributed by atoms with van der Waals surface area (Å²) in [5, 5.41) is 17.7. The van der Waals surface area contributed by atoms with Crippen molar-refractivity contribution in [2.75, 3.05) is 13.2 Å². The van der Waals surface area contributed by atoms with E-state index in [0.717, 1.165) is 0 Å². The minimum Gasteiger partial charge on any atom is -0.389 e. The standard InChI is InChI=1S/C6H13NO5/c1-5(2)11-3-6(8)4-12-7(9)10/h5-6,8H,3-4H2,1-2H3. The summed E-state index contributed by atoms with van der Waals surface area (Å²) < 4.78 is 4.98. The Kier molecular flexibility index (Phi) is 5.31. The van der Waals surface area contributed by atoms with Crippen LogP contribution in [0.1, 0.15) is 13.8 Å². The zero-order valence-corrected chi connectivity index (χ0v) is 7.10. The molecule has 1 N–H and O–H groups in total. The van der Waals surface area contributed by atoms with Crippen LogP contribution in [0.15, 0.2) is 0 Å². The smallest absolute Gasteiger partial charge is 0.294 e. The maximum absolute atomic E-state index is 9.67. The first-order valence-corrected chi connectivity index (χ1v) is 3.59. The van der Waals surface area contributed by atoms with Crippen LogP contribution in [0.4, 0.5) is 0 Å². The zero-order chi connectivity index (χ0) is 9.56. The normalized spacial score (nSPS) is 13.0. The first-order chi connectivity index (χ1) is 5.52. The van der Waals surface area contributed by atoms with E-state index in [0.29, 0.717) is 0 Å². The Morgan fingerprint density at radius 3 is 2.50 bits per heavy atom. The van der Waals surface area contributed by atoms with Crippen molar-refractivity contribution in [3.05, 3.63) is 10.1 Å². The molecule has 0 aromatic heterocycles. The minimum atomic E-state index is -0.946. The number of nitrogens with zero attached hydrogens (tertiary/aromatic N) is 1. The molecule has 0 radical (unpaired) electrons. The lowest BCUT2D eigenvalue weighted by molar-refractivity contribution is -0.759. The third-order valence-electron chi connectivity index (χ3n) is 0.994. The van der Waals surface area contributed by atoms with Crippen LogP contribution in [-0.2, 0) is 9.57 Å². The van der Waals surface area contributed by atoms with Crippen LogP contribution < -0.4 is 0 Å². The molecule has 0 heterocycles. The van der Waals surface area contributed by atoms with Gasteiger partial charge in [-0.15, -0.1) is 10.1 Å². The van der Waals surface area contributed by atoms with E-state index in [1.807, 2.05) is 0 Å². The van der Waals surface area contributed by atoms with E-state index >= 15 is 0 Å². The molecule has 0 aliphatic rings. The molecule has 0 aliphatic carbocycles. The zero-order valence-electron chi connectivity index (χ0n) is 7.10. The highest BCUT2D eigenvalue weighted by atomic mass is 17.0. The maximum Gasteiger partial charge on any atom is 0.294 e. The summed E-state index contributed by atoms with van der Waals surface area (Å²) in [6.45, 7) is 3.31. The van der Waals surface area contributed by atoms with Gasteiger partial charge >= 0.3 is 0 Å². The number of aliphatic hydroxyl groups excluding tert-OH is 1. The Bertz CT molecular complexity index is 138. The van der Waals surface area contributed by atoms with Gasteiger partial charge < -0.3 is 14.7 Å². The fourth-order valence-corrected chi connectivity index (χ4v) is 0.499. The average Bonchev–Trinajstić information content (AvgIpc) is 1.96. The van der Waals surface area contributed by atoms with Gasteiger partial charge in [0.05, 0.1) is 12.7 Å². The van der Waals surface area contributed by atoms with Gasteiger partial charge in [0, 0.05) is 0 Å². The molecule has 0 aromatic carbocycles. The first kappa shape index (κ1) is 11.1. The molecule has 6 heteroatoms. The van der Waals surface area contributed by atoms with E-state index < -0.39 is 11.2 Å². The van der Waals surface area contributed by atoms with Gasteiger partial charge in [0.2, 0.25) is 0 Å². The molecule has 0 saturated carbocycles. The van der Waals surface area contributed by atoms with E-state index in [1.54, 1.807) is 13.8 Å². The molecule has 0 bridgehead atoms. The van der Waals surface area contributed by atoms with Gasteiger partial charge in [0.15, 0.2) is 0 Å². The highest BCUT2D eigenvalue weighted by Crippen LogP contribution is 1.92. The number of aliphatic hydroxyl groups is 1. The molecule has 72 valence electrons. The van der Waals surface area contributed by atoms with Crippen molar-refractivity contribution in [3.8, 4) is 0 Å². The van der Waals surface area contributed by atoms with Gasteiger partial charge in [-0.2, -0.15) is 0 Å². The SMILES string of the molecule is CC(C)OCC(O)CO[N+](=O)[O-]. The Morgan fingerprint density at radius 1 is 1.50 bits per heavy atom. The number of hydrogen-bond donors (Lipinski definition) is 1. The summed E-state index contributed by atoms with van der Waals surface area (Å²) in [6.07, 6.45) is -0.951. The van der Waals surface area contributed by atoms with Crippen LogP contribution in [0, 0.1) is 10.1 Å². The predicted molar refractivity (Wildman–Crippen MR) is 40.0 cm³/mol. The predicted octanol–water partition coefficient (Wildman–Crippen LogP) is -0.0194.